The van der Waals surface area contributed by atoms with Gasteiger partial charge in [-0.25, -0.2) is 12.8 Å². The van der Waals surface area contributed by atoms with Gasteiger partial charge in [-0.3, -0.25) is 9.10 Å². The molecular formula is C26H27FN2O3S. The Bertz CT molecular complexity index is 1270. The van der Waals surface area contributed by atoms with E-state index in [1.165, 1.54) is 41.5 Å². The zero-order valence-electron chi connectivity index (χ0n) is 18.7. The molecule has 1 unspecified atom stereocenters. The summed E-state index contributed by atoms with van der Waals surface area (Å²) in [6.07, 6.45) is 3.23. The van der Waals surface area contributed by atoms with Crippen LogP contribution in [0.15, 0.2) is 71.6 Å². The lowest BCUT2D eigenvalue weighted by molar-refractivity contribution is -0.120. The van der Waals surface area contributed by atoms with E-state index in [1.54, 1.807) is 18.2 Å². The molecular weight excluding hydrogens is 439 g/mol. The van der Waals surface area contributed by atoms with E-state index in [0.717, 1.165) is 34.7 Å². The highest BCUT2D eigenvalue weighted by Crippen LogP contribution is 2.27. The summed E-state index contributed by atoms with van der Waals surface area (Å²) in [7, 11) is -4.16. The first-order valence-electron chi connectivity index (χ1n) is 11.0. The van der Waals surface area contributed by atoms with Crippen molar-refractivity contribution in [2.45, 2.75) is 44.0 Å². The minimum absolute atomic E-state index is 0.00387. The molecule has 0 spiro atoms. The number of rotatable bonds is 7. The summed E-state index contributed by atoms with van der Waals surface area (Å²) in [5.41, 5.74) is 4.32. The standard InChI is InChI=1S/C26H27FN2O3S/c1-18-10-14-23(15-11-18)33(31,32)29(25-9-4-3-8-24(25)27)17-26(30)28-19(2)21-13-12-20-6-5-7-22(20)16-21/h3-4,8-16,19H,5-7,17H2,1-2H3,(H,28,30). The lowest BCUT2D eigenvalue weighted by Gasteiger charge is -2.25. The van der Waals surface area contributed by atoms with Crippen LogP contribution in [0.1, 0.15) is 41.6 Å². The van der Waals surface area contributed by atoms with Crippen LogP contribution in [-0.4, -0.2) is 20.9 Å². The predicted molar refractivity (Wildman–Crippen MR) is 127 cm³/mol. The van der Waals surface area contributed by atoms with Gasteiger partial charge in [-0.1, -0.05) is 48.0 Å². The number of fused-ring (bicyclic) bond motifs is 1. The largest absolute Gasteiger partial charge is 0.348 e. The molecule has 7 heteroatoms. The van der Waals surface area contributed by atoms with Crippen molar-refractivity contribution >= 4 is 21.6 Å². The van der Waals surface area contributed by atoms with E-state index in [0.29, 0.717) is 0 Å². The molecule has 172 valence electrons. The number of hydrogen-bond acceptors (Lipinski definition) is 3. The zero-order chi connectivity index (χ0) is 23.6. The molecule has 3 aromatic carbocycles. The first-order chi connectivity index (χ1) is 15.8. The lowest BCUT2D eigenvalue weighted by Crippen LogP contribution is -2.42. The molecule has 1 aliphatic rings. The second kappa shape index (κ2) is 9.35. The summed E-state index contributed by atoms with van der Waals surface area (Å²) in [6, 6.07) is 17.7. The van der Waals surface area contributed by atoms with Crippen LogP contribution in [0.4, 0.5) is 10.1 Å². The van der Waals surface area contributed by atoms with Crippen molar-refractivity contribution in [1.82, 2.24) is 5.32 Å². The summed E-state index contributed by atoms with van der Waals surface area (Å²) in [5.74, 6) is -1.23. The SMILES string of the molecule is Cc1ccc(S(=O)(=O)N(CC(=O)NC(C)c2ccc3c(c2)CCC3)c2ccccc2F)cc1. The number of anilines is 1. The number of halogens is 1. The van der Waals surface area contributed by atoms with Crippen molar-refractivity contribution in [1.29, 1.82) is 0 Å². The van der Waals surface area contributed by atoms with Crippen LogP contribution in [0, 0.1) is 12.7 Å². The van der Waals surface area contributed by atoms with E-state index in [9.17, 15) is 17.6 Å². The van der Waals surface area contributed by atoms with Crippen LogP contribution in [0.3, 0.4) is 0 Å². The zero-order valence-corrected chi connectivity index (χ0v) is 19.5. The van der Waals surface area contributed by atoms with Crippen molar-refractivity contribution in [2.24, 2.45) is 0 Å². The highest BCUT2D eigenvalue weighted by Gasteiger charge is 2.29. The van der Waals surface area contributed by atoms with Gasteiger partial charge < -0.3 is 5.32 Å². The van der Waals surface area contributed by atoms with E-state index < -0.39 is 28.3 Å². The van der Waals surface area contributed by atoms with Gasteiger partial charge in [-0.2, -0.15) is 0 Å². The van der Waals surface area contributed by atoms with Gasteiger partial charge in [-0.05, 0) is 74.1 Å². The molecule has 1 N–H and O–H groups in total. The van der Waals surface area contributed by atoms with Crippen molar-refractivity contribution < 1.29 is 17.6 Å². The Labute approximate surface area is 194 Å². The van der Waals surface area contributed by atoms with Crippen LogP contribution < -0.4 is 9.62 Å². The van der Waals surface area contributed by atoms with Gasteiger partial charge in [-0.15, -0.1) is 0 Å². The third kappa shape index (κ3) is 4.93. The molecule has 1 amide bonds. The number of hydrogen-bond donors (Lipinski definition) is 1. The molecule has 0 saturated heterocycles. The fraction of sp³-hybridized carbons (Fsp3) is 0.269. The van der Waals surface area contributed by atoms with Crippen molar-refractivity contribution in [2.75, 3.05) is 10.8 Å². The number of para-hydroxylation sites is 1. The molecule has 5 nitrogen and oxygen atoms in total. The van der Waals surface area contributed by atoms with Crippen LogP contribution in [-0.2, 0) is 27.7 Å². The van der Waals surface area contributed by atoms with Gasteiger partial charge in [0.1, 0.15) is 12.4 Å². The van der Waals surface area contributed by atoms with E-state index in [-0.39, 0.29) is 16.6 Å². The predicted octanol–water partition coefficient (Wildman–Crippen LogP) is 4.70. The minimum atomic E-state index is -4.16. The lowest BCUT2D eigenvalue weighted by atomic mass is 10.0. The molecule has 3 aromatic rings. The van der Waals surface area contributed by atoms with Crippen molar-refractivity contribution in [3.63, 3.8) is 0 Å². The topological polar surface area (TPSA) is 66.5 Å². The van der Waals surface area contributed by atoms with Crippen molar-refractivity contribution in [3.05, 3.63) is 94.8 Å². The molecule has 0 heterocycles. The first kappa shape index (κ1) is 23.0. The summed E-state index contributed by atoms with van der Waals surface area (Å²) >= 11 is 0. The molecule has 0 fully saturated rings. The number of carbonyl (C=O) groups is 1. The molecule has 1 aliphatic carbocycles. The van der Waals surface area contributed by atoms with E-state index in [1.807, 2.05) is 19.9 Å². The summed E-state index contributed by atoms with van der Waals surface area (Å²) < 4.78 is 42.2. The smallest absolute Gasteiger partial charge is 0.264 e. The van der Waals surface area contributed by atoms with Crippen LogP contribution >= 0.6 is 0 Å². The molecule has 0 saturated carbocycles. The van der Waals surface area contributed by atoms with Gasteiger partial charge in [0, 0.05) is 0 Å². The normalized spacial score (nSPS) is 13.9. The molecule has 4 rings (SSSR count). The second-order valence-electron chi connectivity index (χ2n) is 8.45. The van der Waals surface area contributed by atoms with E-state index in [4.69, 9.17) is 0 Å². The summed E-state index contributed by atoms with van der Waals surface area (Å²) in [4.78, 5) is 12.9. The number of sulfonamides is 1. The molecule has 0 aromatic heterocycles. The fourth-order valence-corrected chi connectivity index (χ4v) is 5.58. The van der Waals surface area contributed by atoms with Gasteiger partial charge in [0.15, 0.2) is 0 Å². The highest BCUT2D eigenvalue weighted by molar-refractivity contribution is 7.92. The maximum Gasteiger partial charge on any atom is 0.264 e. The Morgan fingerprint density at radius 3 is 2.45 bits per heavy atom. The van der Waals surface area contributed by atoms with Gasteiger partial charge in [0.2, 0.25) is 5.91 Å². The number of amides is 1. The number of carbonyl (C=O) groups excluding carboxylic acids is 1. The molecule has 1 atom stereocenters. The Morgan fingerprint density at radius 2 is 1.73 bits per heavy atom. The Balaban J connectivity index is 1.59. The maximum atomic E-state index is 14.6. The average molecular weight is 467 g/mol. The van der Waals surface area contributed by atoms with Gasteiger partial charge >= 0.3 is 0 Å². The number of nitrogens with zero attached hydrogens (tertiary/aromatic N) is 1. The Kier molecular flexibility index (Phi) is 6.51. The molecule has 0 radical (unpaired) electrons. The summed E-state index contributed by atoms with van der Waals surface area (Å²) in [5, 5.41) is 2.87. The van der Waals surface area contributed by atoms with E-state index >= 15 is 0 Å². The fourth-order valence-electron chi connectivity index (χ4n) is 4.15. The molecule has 33 heavy (non-hydrogen) atoms. The minimum Gasteiger partial charge on any atom is -0.348 e. The second-order valence-corrected chi connectivity index (χ2v) is 10.3. The van der Waals surface area contributed by atoms with Crippen LogP contribution in [0.5, 0.6) is 0 Å². The quantitative estimate of drug-likeness (QED) is 0.549. The van der Waals surface area contributed by atoms with E-state index in [2.05, 4.69) is 17.4 Å². The maximum absolute atomic E-state index is 14.6. The Morgan fingerprint density at radius 1 is 1.03 bits per heavy atom. The monoisotopic (exact) mass is 466 g/mol. The summed E-state index contributed by atoms with van der Waals surface area (Å²) in [6.45, 7) is 3.17. The van der Waals surface area contributed by atoms with Gasteiger partial charge in [0.05, 0.1) is 16.6 Å². The molecule has 0 aliphatic heterocycles. The van der Waals surface area contributed by atoms with Gasteiger partial charge in [0.25, 0.3) is 10.0 Å². The van der Waals surface area contributed by atoms with Crippen LogP contribution in [0.2, 0.25) is 0 Å². The third-order valence-electron chi connectivity index (χ3n) is 6.02. The molecule has 0 bridgehead atoms. The Hall–Kier alpha value is -3.19. The number of aryl methyl sites for hydroxylation is 3. The average Bonchev–Trinajstić information content (AvgIpc) is 3.26. The third-order valence-corrected chi connectivity index (χ3v) is 7.79. The van der Waals surface area contributed by atoms with Crippen molar-refractivity contribution in [3.8, 4) is 0 Å². The number of benzene rings is 3. The highest BCUT2D eigenvalue weighted by atomic mass is 32.2. The van der Waals surface area contributed by atoms with Crippen LogP contribution in [0.25, 0.3) is 0 Å². The first-order valence-corrected chi connectivity index (χ1v) is 12.4. The number of nitrogens with one attached hydrogen (secondary N) is 1.